The van der Waals surface area contributed by atoms with Gasteiger partial charge >= 0.3 is 0 Å². The maximum Gasteiger partial charge on any atom is 0.240 e. The van der Waals surface area contributed by atoms with Gasteiger partial charge < -0.3 is 10.3 Å². The van der Waals surface area contributed by atoms with Crippen LogP contribution in [0.25, 0.3) is 16.8 Å². The first-order valence-corrected chi connectivity index (χ1v) is 9.43. The van der Waals surface area contributed by atoms with Gasteiger partial charge in [-0.3, -0.25) is 13.8 Å². The average molecular weight is 385 g/mol. The summed E-state index contributed by atoms with van der Waals surface area (Å²) in [6.45, 7) is 2.52. The Bertz CT molecular complexity index is 1060. The Balaban J connectivity index is 1.67. The highest BCUT2D eigenvalue weighted by molar-refractivity contribution is 7.79. The summed E-state index contributed by atoms with van der Waals surface area (Å²) in [7, 11) is 0. The molecule has 140 valence electrons. The molecule has 2 atom stereocenters. The van der Waals surface area contributed by atoms with Crippen LogP contribution in [0.4, 0.5) is 5.95 Å². The highest BCUT2D eigenvalue weighted by Gasteiger charge is 2.47. The molecule has 11 heteroatoms. The summed E-state index contributed by atoms with van der Waals surface area (Å²) >= 11 is -2.19. The number of aromatic nitrogens is 5. The normalized spacial score (nSPS) is 18.7. The Morgan fingerprint density at radius 3 is 3.00 bits per heavy atom. The molecule has 1 fully saturated rings. The van der Waals surface area contributed by atoms with Gasteiger partial charge in [0.2, 0.25) is 5.95 Å². The predicted molar refractivity (Wildman–Crippen MR) is 96.8 cm³/mol. The lowest BCUT2D eigenvalue weighted by molar-refractivity contribution is -0.00182. The molecule has 1 saturated heterocycles. The highest BCUT2D eigenvalue weighted by atomic mass is 32.2. The van der Waals surface area contributed by atoms with Gasteiger partial charge in [0.05, 0.1) is 24.1 Å². The molecule has 0 spiro atoms. The van der Waals surface area contributed by atoms with E-state index in [4.69, 9.17) is 5.73 Å². The second-order valence-electron chi connectivity index (χ2n) is 6.66. The standard InChI is InChI=1S/C16H18N8O2S/c1-11(27(25)26)22-9-16(10-22,4-5-17)24-8-12(7-19-24)13-3-2-6-23-14(13)20-15(18)21-23/h2-3,6-8,11H,4,9-10H2,1H3,(H2,18,21)(H,25,26)/p-1. The predicted octanol–water partition coefficient (Wildman–Crippen LogP) is 0.325. The van der Waals surface area contributed by atoms with Crippen molar-refractivity contribution in [1.82, 2.24) is 29.3 Å². The maximum absolute atomic E-state index is 11.2. The fourth-order valence-electron chi connectivity index (χ4n) is 3.44. The van der Waals surface area contributed by atoms with Gasteiger partial charge in [-0.2, -0.15) is 15.3 Å². The van der Waals surface area contributed by atoms with Crippen LogP contribution in [0.15, 0.2) is 30.7 Å². The molecule has 0 amide bonds. The van der Waals surface area contributed by atoms with Gasteiger partial charge in [0.15, 0.2) is 5.65 Å². The van der Waals surface area contributed by atoms with Gasteiger partial charge in [-0.1, -0.05) is 0 Å². The summed E-state index contributed by atoms with van der Waals surface area (Å²) in [6, 6.07) is 5.94. The molecular formula is C16H17N8O2S-. The van der Waals surface area contributed by atoms with E-state index in [0.29, 0.717) is 18.7 Å². The van der Waals surface area contributed by atoms with Crippen LogP contribution >= 0.6 is 0 Å². The van der Waals surface area contributed by atoms with Crippen molar-refractivity contribution in [2.45, 2.75) is 24.3 Å². The SMILES string of the molecule is CC(N1CC(CC#N)(n2cc(-c3cccn4nc(N)nc34)cn2)C1)S(=O)[O-]. The van der Waals surface area contributed by atoms with Crippen LogP contribution in [0, 0.1) is 11.3 Å². The largest absolute Gasteiger partial charge is 0.771 e. The van der Waals surface area contributed by atoms with E-state index in [2.05, 4.69) is 21.3 Å². The third-order valence-corrected chi connectivity index (χ3v) is 5.81. The third-order valence-electron chi connectivity index (χ3n) is 4.95. The van der Waals surface area contributed by atoms with E-state index in [1.807, 2.05) is 23.2 Å². The molecule has 0 bridgehead atoms. The molecule has 0 radical (unpaired) electrons. The Kier molecular flexibility index (Phi) is 4.18. The lowest BCUT2D eigenvalue weighted by Gasteiger charge is -2.51. The number of nitrogens with two attached hydrogens (primary N) is 1. The number of hydrogen-bond acceptors (Lipinski definition) is 8. The van der Waals surface area contributed by atoms with Gasteiger partial charge in [-0.25, -0.2) is 4.52 Å². The zero-order valence-electron chi connectivity index (χ0n) is 14.5. The minimum absolute atomic E-state index is 0.185. The van der Waals surface area contributed by atoms with Crippen LogP contribution in [0.5, 0.6) is 0 Å². The first kappa shape index (κ1) is 17.6. The van der Waals surface area contributed by atoms with E-state index >= 15 is 0 Å². The van der Waals surface area contributed by atoms with E-state index in [1.165, 1.54) is 0 Å². The molecule has 4 rings (SSSR count). The van der Waals surface area contributed by atoms with Crippen molar-refractivity contribution in [3.8, 4) is 17.2 Å². The van der Waals surface area contributed by atoms with Crippen molar-refractivity contribution in [1.29, 1.82) is 5.26 Å². The summed E-state index contributed by atoms with van der Waals surface area (Å²) in [5.74, 6) is 0.185. The number of fused-ring (bicyclic) bond motifs is 1. The number of nitrogens with zero attached hydrogens (tertiary/aromatic N) is 7. The van der Waals surface area contributed by atoms with Gasteiger partial charge in [0.1, 0.15) is 5.54 Å². The summed E-state index contributed by atoms with van der Waals surface area (Å²) in [6.07, 6.45) is 5.56. The van der Waals surface area contributed by atoms with Crippen molar-refractivity contribution in [2.24, 2.45) is 0 Å². The first-order valence-electron chi connectivity index (χ1n) is 8.29. The Morgan fingerprint density at radius 2 is 2.30 bits per heavy atom. The number of nitrogen functional groups attached to an aromatic ring is 1. The molecule has 2 unspecified atom stereocenters. The molecule has 27 heavy (non-hydrogen) atoms. The molecular weight excluding hydrogens is 368 g/mol. The van der Waals surface area contributed by atoms with Gasteiger partial charge in [-0.05, 0) is 30.1 Å². The van der Waals surface area contributed by atoms with Crippen molar-refractivity contribution < 1.29 is 8.76 Å². The monoisotopic (exact) mass is 385 g/mol. The molecule has 3 aromatic rings. The van der Waals surface area contributed by atoms with E-state index in [0.717, 1.165) is 11.1 Å². The first-order chi connectivity index (χ1) is 12.9. The summed E-state index contributed by atoms with van der Waals surface area (Å²) in [5, 5.41) is 17.2. The van der Waals surface area contributed by atoms with Crippen LogP contribution in [0.1, 0.15) is 13.3 Å². The number of nitriles is 1. The smallest absolute Gasteiger partial charge is 0.240 e. The molecule has 1 aliphatic heterocycles. The third kappa shape index (κ3) is 2.87. The van der Waals surface area contributed by atoms with E-state index in [-0.39, 0.29) is 12.4 Å². The Hall–Kier alpha value is -2.81. The molecule has 1 aliphatic rings. The van der Waals surface area contributed by atoms with E-state index < -0.39 is 22.0 Å². The number of rotatable bonds is 5. The average Bonchev–Trinajstić information content (AvgIpc) is 3.22. The lowest BCUT2D eigenvalue weighted by Crippen LogP contribution is -2.65. The van der Waals surface area contributed by atoms with Crippen molar-refractivity contribution in [2.75, 3.05) is 18.8 Å². The summed E-state index contributed by atoms with van der Waals surface area (Å²) in [4.78, 5) is 6.06. The number of hydrogen-bond donors (Lipinski definition) is 1. The van der Waals surface area contributed by atoms with E-state index in [9.17, 15) is 14.0 Å². The number of pyridine rings is 1. The quantitative estimate of drug-likeness (QED) is 0.619. The van der Waals surface area contributed by atoms with Gasteiger partial charge in [0, 0.05) is 36.6 Å². The molecule has 0 aromatic carbocycles. The molecule has 0 saturated carbocycles. The van der Waals surface area contributed by atoms with Crippen molar-refractivity contribution in [3.05, 3.63) is 30.7 Å². The fourth-order valence-corrected chi connectivity index (χ4v) is 3.84. The Morgan fingerprint density at radius 1 is 1.52 bits per heavy atom. The zero-order valence-corrected chi connectivity index (χ0v) is 15.3. The minimum Gasteiger partial charge on any atom is -0.771 e. The topological polar surface area (TPSA) is 141 Å². The van der Waals surface area contributed by atoms with E-state index in [1.54, 1.807) is 28.5 Å². The molecule has 10 nitrogen and oxygen atoms in total. The maximum atomic E-state index is 11.2. The summed E-state index contributed by atoms with van der Waals surface area (Å²) in [5.41, 5.74) is 7.42. The number of likely N-dealkylation sites (tertiary alicyclic amines) is 1. The van der Waals surface area contributed by atoms with Crippen LogP contribution in [0.2, 0.25) is 0 Å². The van der Waals surface area contributed by atoms with Crippen LogP contribution in [-0.2, 0) is 16.6 Å². The second kappa shape index (κ2) is 6.41. The fraction of sp³-hybridized carbons (Fsp3) is 0.375. The highest BCUT2D eigenvalue weighted by Crippen LogP contribution is 2.35. The minimum atomic E-state index is -2.19. The number of anilines is 1. The Labute approximate surface area is 157 Å². The van der Waals surface area contributed by atoms with Crippen molar-refractivity contribution in [3.63, 3.8) is 0 Å². The van der Waals surface area contributed by atoms with Crippen LogP contribution in [-0.4, -0.2) is 56.5 Å². The lowest BCUT2D eigenvalue weighted by atomic mass is 9.87. The van der Waals surface area contributed by atoms with Gasteiger partial charge in [0.25, 0.3) is 0 Å². The second-order valence-corrected chi connectivity index (χ2v) is 7.86. The molecule has 3 aromatic heterocycles. The molecule has 2 N–H and O–H groups in total. The van der Waals surface area contributed by atoms with Crippen molar-refractivity contribution >= 4 is 22.7 Å². The summed E-state index contributed by atoms with van der Waals surface area (Å²) < 4.78 is 25.8. The van der Waals surface area contributed by atoms with Crippen LogP contribution < -0.4 is 5.73 Å². The molecule has 0 aliphatic carbocycles. The zero-order chi connectivity index (χ0) is 19.2. The molecule has 4 heterocycles. The van der Waals surface area contributed by atoms with Gasteiger partial charge in [-0.15, -0.1) is 5.10 Å². The van der Waals surface area contributed by atoms with Crippen LogP contribution in [0.3, 0.4) is 0 Å².